The number of hydrogen-bond acceptors (Lipinski definition) is 5. The lowest BCUT2D eigenvalue weighted by atomic mass is 10.5. The first kappa shape index (κ1) is 9.68. The lowest BCUT2D eigenvalue weighted by Gasteiger charge is -1.99. The largest absolute Gasteiger partial charge is 0.383 e. The first-order chi connectivity index (χ1) is 6.22. The fourth-order valence-electron chi connectivity index (χ4n) is 0.699. The molecule has 4 N–H and O–H groups in total. The smallest absolute Gasteiger partial charge is 0.192 e. The first-order valence-electron chi connectivity index (χ1n) is 3.65. The minimum atomic E-state index is 0.388. The van der Waals surface area contributed by atoms with Gasteiger partial charge in [-0.3, -0.25) is 0 Å². The third-order valence-corrected chi connectivity index (χ3v) is 1.92. The van der Waals surface area contributed by atoms with Gasteiger partial charge in [-0.15, -0.1) is 5.92 Å². The Hall–Kier alpha value is -1.41. The van der Waals surface area contributed by atoms with Crippen molar-refractivity contribution in [2.45, 2.75) is 12.1 Å². The van der Waals surface area contributed by atoms with Crippen LogP contribution in [-0.4, -0.2) is 15.7 Å². The van der Waals surface area contributed by atoms with Crippen molar-refractivity contribution in [3.63, 3.8) is 0 Å². The van der Waals surface area contributed by atoms with Gasteiger partial charge in [0.2, 0.25) is 0 Å². The molecule has 0 spiro atoms. The molecule has 68 valence electrons. The highest BCUT2D eigenvalue weighted by atomic mass is 32.2. The SMILES string of the molecule is CC#CCSc1nc(N)cc(N)n1. The second-order valence-electron chi connectivity index (χ2n) is 2.22. The lowest BCUT2D eigenvalue weighted by Crippen LogP contribution is -1.99. The Morgan fingerprint density at radius 2 is 2.00 bits per heavy atom. The molecule has 1 heterocycles. The molecule has 0 aromatic carbocycles. The van der Waals surface area contributed by atoms with E-state index < -0.39 is 0 Å². The van der Waals surface area contributed by atoms with Crippen molar-refractivity contribution < 1.29 is 0 Å². The van der Waals surface area contributed by atoms with E-state index in [1.54, 1.807) is 6.92 Å². The zero-order valence-electron chi connectivity index (χ0n) is 7.24. The van der Waals surface area contributed by atoms with Gasteiger partial charge in [-0.1, -0.05) is 17.7 Å². The van der Waals surface area contributed by atoms with Gasteiger partial charge in [0, 0.05) is 6.07 Å². The van der Waals surface area contributed by atoms with Crippen LogP contribution in [0.4, 0.5) is 11.6 Å². The fourth-order valence-corrected chi connectivity index (χ4v) is 1.38. The number of hydrogen-bond donors (Lipinski definition) is 2. The van der Waals surface area contributed by atoms with E-state index in [1.807, 2.05) is 0 Å². The maximum absolute atomic E-state index is 5.48. The molecule has 0 amide bonds. The molecule has 0 unspecified atom stereocenters. The highest BCUT2D eigenvalue weighted by Gasteiger charge is 1.99. The zero-order chi connectivity index (χ0) is 9.68. The highest BCUT2D eigenvalue weighted by molar-refractivity contribution is 7.99. The number of nitrogens with zero attached hydrogens (tertiary/aromatic N) is 2. The standard InChI is InChI=1S/C8H10N4S/c1-2-3-4-13-8-11-6(9)5-7(10)12-8/h5H,4H2,1H3,(H4,9,10,11,12). The van der Waals surface area contributed by atoms with Gasteiger partial charge in [-0.05, 0) is 6.92 Å². The zero-order valence-corrected chi connectivity index (χ0v) is 8.06. The molecule has 0 saturated carbocycles. The molecular weight excluding hydrogens is 184 g/mol. The van der Waals surface area contributed by atoms with E-state index in [0.29, 0.717) is 22.5 Å². The second-order valence-corrected chi connectivity index (χ2v) is 3.16. The van der Waals surface area contributed by atoms with Crippen LogP contribution in [0.5, 0.6) is 0 Å². The van der Waals surface area contributed by atoms with Gasteiger partial charge in [0.25, 0.3) is 0 Å². The van der Waals surface area contributed by atoms with E-state index in [-0.39, 0.29) is 0 Å². The Balaban J connectivity index is 2.69. The van der Waals surface area contributed by atoms with Crippen LogP contribution in [-0.2, 0) is 0 Å². The molecule has 0 saturated heterocycles. The number of nitrogens with two attached hydrogens (primary N) is 2. The van der Waals surface area contributed by atoms with Gasteiger partial charge in [0.15, 0.2) is 5.16 Å². The van der Waals surface area contributed by atoms with Crippen molar-refractivity contribution in [1.82, 2.24) is 9.97 Å². The molecular formula is C8H10N4S. The molecule has 0 atom stereocenters. The molecule has 13 heavy (non-hydrogen) atoms. The minimum Gasteiger partial charge on any atom is -0.383 e. The fraction of sp³-hybridized carbons (Fsp3) is 0.250. The van der Waals surface area contributed by atoms with Gasteiger partial charge in [0.1, 0.15) is 11.6 Å². The van der Waals surface area contributed by atoms with Crippen LogP contribution in [0, 0.1) is 11.8 Å². The maximum Gasteiger partial charge on any atom is 0.192 e. The third-order valence-electron chi connectivity index (χ3n) is 1.20. The Morgan fingerprint density at radius 1 is 1.38 bits per heavy atom. The lowest BCUT2D eigenvalue weighted by molar-refractivity contribution is 0.987. The normalized spacial score (nSPS) is 9.00. The molecule has 4 nitrogen and oxygen atoms in total. The van der Waals surface area contributed by atoms with E-state index in [9.17, 15) is 0 Å². The van der Waals surface area contributed by atoms with Crippen molar-refractivity contribution in [2.24, 2.45) is 0 Å². The summed E-state index contributed by atoms with van der Waals surface area (Å²) in [6, 6.07) is 1.52. The Morgan fingerprint density at radius 3 is 2.54 bits per heavy atom. The number of aromatic nitrogens is 2. The van der Waals surface area contributed by atoms with Crippen LogP contribution in [0.15, 0.2) is 11.2 Å². The van der Waals surface area contributed by atoms with E-state index in [0.717, 1.165) is 0 Å². The minimum absolute atomic E-state index is 0.388. The van der Waals surface area contributed by atoms with Crippen molar-refractivity contribution in [2.75, 3.05) is 17.2 Å². The van der Waals surface area contributed by atoms with Crippen LogP contribution >= 0.6 is 11.8 Å². The Labute approximate surface area is 81.1 Å². The molecule has 1 aromatic heterocycles. The van der Waals surface area contributed by atoms with Crippen molar-refractivity contribution in [3.8, 4) is 11.8 Å². The summed E-state index contributed by atoms with van der Waals surface area (Å²) in [6.45, 7) is 1.79. The van der Waals surface area contributed by atoms with Gasteiger partial charge < -0.3 is 11.5 Å². The van der Waals surface area contributed by atoms with E-state index in [2.05, 4.69) is 21.8 Å². The Kier molecular flexibility index (Phi) is 3.41. The highest BCUT2D eigenvalue weighted by Crippen LogP contribution is 2.15. The van der Waals surface area contributed by atoms with Crippen LogP contribution < -0.4 is 11.5 Å². The molecule has 5 heteroatoms. The van der Waals surface area contributed by atoms with Crippen LogP contribution in [0.1, 0.15) is 6.92 Å². The number of anilines is 2. The van der Waals surface area contributed by atoms with Gasteiger partial charge >= 0.3 is 0 Å². The van der Waals surface area contributed by atoms with Crippen molar-refractivity contribution >= 4 is 23.4 Å². The molecule has 0 aliphatic rings. The first-order valence-corrected chi connectivity index (χ1v) is 4.63. The van der Waals surface area contributed by atoms with Gasteiger partial charge in [-0.2, -0.15) is 0 Å². The maximum atomic E-state index is 5.48. The predicted octanol–water partition coefficient (Wildman–Crippen LogP) is 0.756. The summed E-state index contributed by atoms with van der Waals surface area (Å²) in [7, 11) is 0. The summed E-state index contributed by atoms with van der Waals surface area (Å²) >= 11 is 1.42. The monoisotopic (exact) mass is 194 g/mol. The summed E-state index contributed by atoms with van der Waals surface area (Å²) < 4.78 is 0. The van der Waals surface area contributed by atoms with Crippen molar-refractivity contribution in [1.29, 1.82) is 0 Å². The summed E-state index contributed by atoms with van der Waals surface area (Å²) in [5, 5.41) is 0.570. The molecule has 0 aliphatic heterocycles. The molecule has 0 radical (unpaired) electrons. The average molecular weight is 194 g/mol. The van der Waals surface area contributed by atoms with E-state index in [1.165, 1.54) is 17.8 Å². The van der Waals surface area contributed by atoms with Crippen LogP contribution in [0.25, 0.3) is 0 Å². The summed E-state index contributed by atoms with van der Waals surface area (Å²) in [5.41, 5.74) is 11.0. The number of nitrogen functional groups attached to an aromatic ring is 2. The molecule has 1 rings (SSSR count). The van der Waals surface area contributed by atoms with Crippen LogP contribution in [0.3, 0.4) is 0 Å². The second kappa shape index (κ2) is 4.58. The summed E-state index contributed by atoms with van der Waals surface area (Å²) in [6.07, 6.45) is 0. The van der Waals surface area contributed by atoms with Crippen molar-refractivity contribution in [3.05, 3.63) is 6.07 Å². The Bertz CT molecular complexity index is 333. The van der Waals surface area contributed by atoms with Crippen LogP contribution in [0.2, 0.25) is 0 Å². The van der Waals surface area contributed by atoms with Gasteiger partial charge in [0.05, 0.1) is 5.75 Å². The topological polar surface area (TPSA) is 77.8 Å². The summed E-state index contributed by atoms with van der Waals surface area (Å²) in [4.78, 5) is 7.98. The molecule has 0 aliphatic carbocycles. The molecule has 0 bridgehead atoms. The predicted molar refractivity (Wildman–Crippen MR) is 55.0 cm³/mol. The third kappa shape index (κ3) is 3.22. The average Bonchev–Trinajstić information content (AvgIpc) is 2.03. The molecule has 1 aromatic rings. The van der Waals surface area contributed by atoms with E-state index in [4.69, 9.17) is 11.5 Å². The quantitative estimate of drug-likeness (QED) is 0.413. The van der Waals surface area contributed by atoms with E-state index >= 15 is 0 Å². The number of thioether (sulfide) groups is 1. The van der Waals surface area contributed by atoms with Gasteiger partial charge in [-0.25, -0.2) is 9.97 Å². The molecule has 0 fully saturated rings. The summed E-state index contributed by atoms with van der Waals surface area (Å²) in [5.74, 6) is 7.09. The number of rotatable bonds is 2.